The predicted molar refractivity (Wildman–Crippen MR) is 129 cm³/mol. The molecule has 11 nitrogen and oxygen atoms in total. The summed E-state index contributed by atoms with van der Waals surface area (Å²) in [5.41, 5.74) is 2.95. The molecule has 2 amide bonds. The summed E-state index contributed by atoms with van der Waals surface area (Å²) in [7, 11) is 1.26. The fourth-order valence-electron chi connectivity index (χ4n) is 4.90. The van der Waals surface area contributed by atoms with Crippen LogP contribution in [0.5, 0.6) is 0 Å². The molecular formula is C26H22N4O7. The first-order valence-corrected chi connectivity index (χ1v) is 11.5. The van der Waals surface area contributed by atoms with Crippen LogP contribution in [-0.2, 0) is 19.1 Å². The molecule has 1 aromatic heterocycles. The molecule has 0 aliphatic carbocycles. The lowest BCUT2D eigenvalue weighted by Gasteiger charge is -2.31. The Morgan fingerprint density at radius 1 is 1.00 bits per heavy atom. The number of carbonyl (C=O) groups is 4. The van der Waals surface area contributed by atoms with Crippen LogP contribution in [0, 0.1) is 5.92 Å². The number of hydrogen-bond acceptors (Lipinski definition) is 10. The van der Waals surface area contributed by atoms with E-state index < -0.39 is 35.6 Å². The Labute approximate surface area is 210 Å². The predicted octanol–water partition coefficient (Wildman–Crippen LogP) is 2.68. The van der Waals surface area contributed by atoms with Crippen LogP contribution in [0.1, 0.15) is 46.0 Å². The van der Waals surface area contributed by atoms with Crippen molar-refractivity contribution in [3.8, 4) is 0 Å². The van der Waals surface area contributed by atoms with E-state index in [4.69, 9.17) is 14.1 Å². The number of hydrogen-bond donors (Lipinski definition) is 0. The second-order valence-electron chi connectivity index (χ2n) is 8.65. The summed E-state index contributed by atoms with van der Waals surface area (Å²) >= 11 is 0. The Balaban J connectivity index is 1.43. The number of fused-ring (bicyclic) bond motifs is 2. The van der Waals surface area contributed by atoms with Crippen molar-refractivity contribution in [2.75, 3.05) is 20.3 Å². The molecule has 2 atom stereocenters. The minimum atomic E-state index is -0.921. The fourth-order valence-corrected chi connectivity index (χ4v) is 4.90. The van der Waals surface area contributed by atoms with Crippen molar-refractivity contribution in [1.29, 1.82) is 0 Å². The van der Waals surface area contributed by atoms with Crippen molar-refractivity contribution in [2.24, 2.45) is 10.9 Å². The van der Waals surface area contributed by atoms with Crippen LogP contribution in [0.15, 0.2) is 63.4 Å². The molecule has 11 heteroatoms. The van der Waals surface area contributed by atoms with Gasteiger partial charge in [-0.3, -0.25) is 24.3 Å². The van der Waals surface area contributed by atoms with Crippen molar-refractivity contribution in [3.63, 3.8) is 0 Å². The average Bonchev–Trinajstić information content (AvgIpc) is 3.47. The van der Waals surface area contributed by atoms with Gasteiger partial charge in [0.25, 0.3) is 11.8 Å². The van der Waals surface area contributed by atoms with E-state index in [0.29, 0.717) is 39.1 Å². The Morgan fingerprint density at radius 3 is 2.38 bits per heavy atom. The lowest BCUT2D eigenvalue weighted by Crippen LogP contribution is -2.37. The number of allylic oxidation sites excluding steroid dienone is 1. The maximum absolute atomic E-state index is 13.4. The molecule has 0 saturated carbocycles. The van der Waals surface area contributed by atoms with Crippen LogP contribution in [0.2, 0.25) is 0 Å². The third-order valence-electron chi connectivity index (χ3n) is 6.58. The molecule has 37 heavy (non-hydrogen) atoms. The molecule has 0 bridgehead atoms. The smallest absolute Gasteiger partial charge is 0.336 e. The Hall–Kier alpha value is -4.67. The molecule has 5 rings (SSSR count). The molecule has 2 unspecified atom stereocenters. The summed E-state index contributed by atoms with van der Waals surface area (Å²) in [5, 5.41) is 7.84. The van der Waals surface area contributed by atoms with Gasteiger partial charge in [0.1, 0.15) is 23.6 Å². The normalized spacial score (nSPS) is 19.2. The summed E-state index contributed by atoms with van der Waals surface area (Å²) < 4.78 is 15.5. The van der Waals surface area contributed by atoms with Crippen LogP contribution >= 0.6 is 0 Å². The molecule has 188 valence electrons. The number of amides is 2. The molecule has 0 radical (unpaired) electrons. The number of esters is 2. The number of ether oxygens (including phenoxy) is 2. The lowest BCUT2D eigenvalue weighted by atomic mass is 9.75. The molecule has 0 saturated heterocycles. The topological polar surface area (TPSA) is 141 Å². The van der Waals surface area contributed by atoms with Crippen LogP contribution < -0.4 is 0 Å². The zero-order valence-corrected chi connectivity index (χ0v) is 20.3. The average molecular weight is 502 g/mol. The van der Waals surface area contributed by atoms with Crippen LogP contribution in [-0.4, -0.2) is 64.9 Å². The zero-order chi connectivity index (χ0) is 26.3. The molecule has 2 aromatic carbocycles. The second-order valence-corrected chi connectivity index (χ2v) is 8.65. The first-order chi connectivity index (χ1) is 17.8. The van der Waals surface area contributed by atoms with E-state index in [1.165, 1.54) is 7.11 Å². The summed E-state index contributed by atoms with van der Waals surface area (Å²) in [4.78, 5) is 57.0. The number of nitrogens with zero attached hydrogens (tertiary/aromatic N) is 4. The van der Waals surface area contributed by atoms with E-state index in [2.05, 4.69) is 15.3 Å². The molecule has 2 aliphatic heterocycles. The van der Waals surface area contributed by atoms with Gasteiger partial charge >= 0.3 is 11.9 Å². The van der Waals surface area contributed by atoms with Gasteiger partial charge in [0.2, 0.25) is 0 Å². The minimum Gasteiger partial charge on any atom is -0.468 e. The molecule has 3 aromatic rings. The fraction of sp³-hybridized carbons (Fsp3) is 0.269. The SMILES string of the molecule is COC(=O)C1C(C)=NC(C)=C(C(=O)OCCN2C(=O)c3ccccc3C2=O)C1c1cccc2nonc12. The Morgan fingerprint density at radius 2 is 1.70 bits per heavy atom. The van der Waals surface area contributed by atoms with Crippen molar-refractivity contribution in [3.05, 3.63) is 70.4 Å². The lowest BCUT2D eigenvalue weighted by molar-refractivity contribution is -0.144. The summed E-state index contributed by atoms with van der Waals surface area (Å²) in [6.07, 6.45) is 0. The van der Waals surface area contributed by atoms with Crippen LogP contribution in [0.25, 0.3) is 11.0 Å². The van der Waals surface area contributed by atoms with E-state index in [-0.39, 0.29) is 18.7 Å². The highest BCUT2D eigenvalue weighted by atomic mass is 16.6. The number of aromatic nitrogens is 2. The maximum atomic E-state index is 13.4. The quantitative estimate of drug-likeness (QED) is 0.367. The number of benzene rings is 2. The van der Waals surface area contributed by atoms with Gasteiger partial charge in [0.15, 0.2) is 0 Å². The molecule has 3 heterocycles. The summed E-state index contributed by atoms with van der Waals surface area (Å²) in [6, 6.07) is 11.7. The summed E-state index contributed by atoms with van der Waals surface area (Å²) in [5.74, 6) is -3.97. The minimum absolute atomic E-state index is 0.124. The number of imide groups is 1. The maximum Gasteiger partial charge on any atom is 0.336 e. The second kappa shape index (κ2) is 9.41. The van der Waals surface area contributed by atoms with Crippen LogP contribution in [0.3, 0.4) is 0 Å². The van der Waals surface area contributed by atoms with Gasteiger partial charge in [-0.15, -0.1) is 0 Å². The van der Waals surface area contributed by atoms with Crippen molar-refractivity contribution < 1.29 is 33.3 Å². The molecule has 2 aliphatic rings. The van der Waals surface area contributed by atoms with Crippen LogP contribution in [0.4, 0.5) is 0 Å². The van der Waals surface area contributed by atoms with Gasteiger partial charge in [0.05, 0.1) is 30.4 Å². The van der Waals surface area contributed by atoms with E-state index in [1.54, 1.807) is 56.3 Å². The molecule has 0 spiro atoms. The molecular weight excluding hydrogens is 480 g/mol. The third-order valence-corrected chi connectivity index (χ3v) is 6.58. The standard InChI is InChI=1S/C26H22N4O7/c1-13-19(25(33)35-3)21(17-9-6-10-18-22(17)29-37-28-18)20(14(2)27-13)26(34)36-12-11-30-23(31)15-7-4-5-8-16(15)24(30)32/h4-10,19,21H,11-12H2,1-3H3. The van der Waals surface area contributed by atoms with Gasteiger partial charge in [-0.05, 0) is 47.9 Å². The van der Waals surface area contributed by atoms with Gasteiger partial charge in [-0.2, -0.15) is 0 Å². The number of rotatable bonds is 6. The highest BCUT2D eigenvalue weighted by Gasteiger charge is 2.43. The number of aliphatic imine (C=N–C) groups is 1. The van der Waals surface area contributed by atoms with E-state index in [0.717, 1.165) is 4.90 Å². The van der Waals surface area contributed by atoms with Crippen molar-refractivity contribution in [1.82, 2.24) is 15.2 Å². The Bertz CT molecular complexity index is 1480. The van der Waals surface area contributed by atoms with Gasteiger partial charge in [-0.1, -0.05) is 24.3 Å². The van der Waals surface area contributed by atoms with Gasteiger partial charge in [-0.25, -0.2) is 9.42 Å². The number of carbonyl (C=O) groups excluding carboxylic acids is 4. The van der Waals surface area contributed by atoms with E-state index in [1.807, 2.05) is 0 Å². The first kappa shape index (κ1) is 24.0. The molecule has 0 N–H and O–H groups in total. The Kier molecular flexibility index (Phi) is 6.12. The third kappa shape index (κ3) is 3.98. The van der Waals surface area contributed by atoms with E-state index >= 15 is 0 Å². The number of methoxy groups -OCH3 is 1. The van der Waals surface area contributed by atoms with Gasteiger partial charge < -0.3 is 9.47 Å². The highest BCUT2D eigenvalue weighted by Crippen LogP contribution is 2.42. The van der Waals surface area contributed by atoms with Gasteiger partial charge in [0, 0.05) is 17.3 Å². The largest absolute Gasteiger partial charge is 0.468 e. The monoisotopic (exact) mass is 502 g/mol. The first-order valence-electron chi connectivity index (χ1n) is 11.5. The molecule has 0 fully saturated rings. The van der Waals surface area contributed by atoms with Crippen molar-refractivity contribution >= 4 is 40.5 Å². The zero-order valence-electron chi connectivity index (χ0n) is 20.3. The van der Waals surface area contributed by atoms with E-state index in [9.17, 15) is 19.2 Å². The van der Waals surface area contributed by atoms with Crippen molar-refractivity contribution in [2.45, 2.75) is 19.8 Å². The summed E-state index contributed by atoms with van der Waals surface area (Å²) in [6.45, 7) is 2.96. The highest BCUT2D eigenvalue weighted by molar-refractivity contribution is 6.21.